The molecule has 0 aliphatic heterocycles. The second-order valence-corrected chi connectivity index (χ2v) is 12.7. The minimum Gasteiger partial charge on any atom is -0.756 e. The van der Waals surface area contributed by atoms with Crippen molar-refractivity contribution in [2.75, 3.05) is 54.1 Å². The summed E-state index contributed by atoms with van der Waals surface area (Å²) in [5.41, 5.74) is 0. The molecule has 0 aromatic rings. The molecule has 0 bridgehead atoms. The predicted molar refractivity (Wildman–Crippen MR) is 144 cm³/mol. The van der Waals surface area contributed by atoms with E-state index in [2.05, 4.69) is 6.92 Å². The number of hydrogen-bond acceptors (Lipinski definition) is 7. The summed E-state index contributed by atoms with van der Waals surface area (Å²) in [6, 6.07) is 0. The molecule has 0 heterocycles. The van der Waals surface area contributed by atoms with Crippen LogP contribution >= 0.6 is 19.4 Å². The van der Waals surface area contributed by atoms with Crippen LogP contribution in [0.25, 0.3) is 0 Å². The first-order chi connectivity index (χ1) is 16.9. The smallest absolute Gasteiger partial charge is 0.302 e. The number of phosphoric ester groups is 1. The van der Waals surface area contributed by atoms with E-state index >= 15 is 0 Å². The van der Waals surface area contributed by atoms with E-state index in [9.17, 15) is 14.3 Å². The Balaban J connectivity index is 3.95. The molecule has 0 saturated carbocycles. The molecule has 10 heteroatoms. The highest BCUT2D eigenvalue weighted by Gasteiger charge is 2.17. The van der Waals surface area contributed by atoms with Crippen molar-refractivity contribution in [3.8, 4) is 0 Å². The zero-order valence-electron chi connectivity index (χ0n) is 23.5. The van der Waals surface area contributed by atoms with Crippen molar-refractivity contribution in [3.05, 3.63) is 0 Å². The van der Waals surface area contributed by atoms with Crippen molar-refractivity contribution in [2.45, 2.75) is 109 Å². The van der Waals surface area contributed by atoms with Crippen molar-refractivity contribution in [1.29, 1.82) is 0 Å². The van der Waals surface area contributed by atoms with Crippen molar-refractivity contribution in [1.82, 2.24) is 0 Å². The molecule has 8 nitrogen and oxygen atoms in total. The maximum absolute atomic E-state index is 11.8. The zero-order valence-corrected chi connectivity index (χ0v) is 25.2. The Morgan fingerprint density at radius 3 is 1.89 bits per heavy atom. The number of carbonyl (C=O) groups excluding carboxylic acids is 1. The Morgan fingerprint density at radius 1 is 0.861 bits per heavy atom. The quantitative estimate of drug-likeness (QED) is 0.0457. The second-order valence-electron chi connectivity index (χ2n) is 10.6. The van der Waals surface area contributed by atoms with Crippen LogP contribution in [0.3, 0.4) is 0 Å². The fraction of sp³-hybridized carbons (Fsp3) is 0.962. The summed E-state index contributed by atoms with van der Waals surface area (Å²) >= 11 is 6.14. The van der Waals surface area contributed by atoms with Crippen LogP contribution in [0, 0.1) is 0 Å². The summed E-state index contributed by atoms with van der Waals surface area (Å²) in [6.07, 6.45) is 15.6. The lowest BCUT2D eigenvalue weighted by Crippen LogP contribution is -2.37. The van der Waals surface area contributed by atoms with Gasteiger partial charge in [0, 0.05) is 6.92 Å². The van der Waals surface area contributed by atoms with Gasteiger partial charge in [-0.1, -0.05) is 77.6 Å². The average molecular weight is 558 g/mol. The molecular weight excluding hydrogens is 505 g/mol. The topological polar surface area (TPSA) is 94.1 Å². The van der Waals surface area contributed by atoms with E-state index in [4.69, 9.17) is 30.1 Å². The molecule has 0 radical (unpaired) electrons. The minimum atomic E-state index is -4.41. The predicted octanol–water partition coefficient (Wildman–Crippen LogP) is 5.84. The number of alkyl halides is 1. The molecule has 3 unspecified atom stereocenters. The van der Waals surface area contributed by atoms with Gasteiger partial charge >= 0.3 is 5.97 Å². The number of nitrogens with zero attached hydrogens (tertiary/aromatic N) is 1. The summed E-state index contributed by atoms with van der Waals surface area (Å²) < 4.78 is 33.1. The van der Waals surface area contributed by atoms with Gasteiger partial charge in [0.1, 0.15) is 19.3 Å². The van der Waals surface area contributed by atoms with E-state index < -0.39 is 13.2 Å². The van der Waals surface area contributed by atoms with E-state index in [-0.39, 0.29) is 38.5 Å². The molecule has 0 aromatic carbocycles. The molecule has 0 aromatic heterocycles. The van der Waals surface area contributed by atoms with Crippen LogP contribution in [-0.2, 0) is 27.9 Å². The van der Waals surface area contributed by atoms with Gasteiger partial charge in [0.25, 0.3) is 7.82 Å². The first kappa shape index (κ1) is 35.8. The lowest BCUT2D eigenvalue weighted by Gasteiger charge is -2.27. The third kappa shape index (κ3) is 25.4. The monoisotopic (exact) mass is 557 g/mol. The Kier molecular flexibility index (Phi) is 21.6. The summed E-state index contributed by atoms with van der Waals surface area (Å²) in [6.45, 7) is 4.25. The van der Waals surface area contributed by atoms with Gasteiger partial charge in [0.05, 0.1) is 46.3 Å². The first-order valence-corrected chi connectivity index (χ1v) is 15.6. The first-order valence-electron chi connectivity index (χ1n) is 13.7. The highest BCUT2D eigenvalue weighted by Crippen LogP contribution is 2.38. The number of hydrogen-bond donors (Lipinski definition) is 0. The largest absolute Gasteiger partial charge is 0.756 e. The minimum absolute atomic E-state index is 0.0386. The Morgan fingerprint density at radius 2 is 1.39 bits per heavy atom. The molecule has 3 atom stereocenters. The molecule has 36 heavy (non-hydrogen) atoms. The molecule has 0 aliphatic carbocycles. The molecule has 216 valence electrons. The van der Waals surface area contributed by atoms with Gasteiger partial charge < -0.3 is 27.9 Å². The van der Waals surface area contributed by atoms with Crippen LogP contribution in [0.5, 0.6) is 0 Å². The van der Waals surface area contributed by atoms with Crippen LogP contribution < -0.4 is 4.89 Å². The normalized spacial score (nSPS) is 15.4. The highest BCUT2D eigenvalue weighted by molar-refractivity contribution is 7.45. The van der Waals surface area contributed by atoms with Crippen molar-refractivity contribution in [3.63, 3.8) is 0 Å². The van der Waals surface area contributed by atoms with Crippen LogP contribution in [0.1, 0.15) is 97.3 Å². The summed E-state index contributed by atoms with van der Waals surface area (Å²) in [7, 11) is 1.40. The number of unbranched alkanes of at least 4 members (excludes halogenated alkanes) is 11. The Bertz CT molecular complexity index is 589. The van der Waals surface area contributed by atoms with Crippen molar-refractivity contribution >= 4 is 25.4 Å². The number of likely N-dealkylation sites (N-methyl/N-ethyl adjacent to an activating group) is 1. The maximum Gasteiger partial charge on any atom is 0.302 e. The van der Waals surface area contributed by atoms with Crippen molar-refractivity contribution in [2.24, 2.45) is 0 Å². The van der Waals surface area contributed by atoms with Crippen LogP contribution in [0.2, 0.25) is 0 Å². The molecule has 0 amide bonds. The van der Waals surface area contributed by atoms with Crippen molar-refractivity contribution < 1.29 is 37.3 Å². The standard InChI is InChI=1S/C26H53ClNO7P/c1-6-7-8-9-10-11-12-13-14-15-16-17-18-26(35-24(2)29)23-32-21-25(27)22-34-36(30,31)33-20-19-28(3,4)5/h25-26H,6-23H2,1-5H3. The molecular formula is C26H53ClNO7P. The molecule has 0 aliphatic rings. The summed E-state index contributed by atoms with van der Waals surface area (Å²) in [5, 5.41) is -0.668. The lowest BCUT2D eigenvalue weighted by atomic mass is 10.0. The van der Waals surface area contributed by atoms with Gasteiger partial charge in [-0.25, -0.2) is 0 Å². The van der Waals surface area contributed by atoms with Crippen LogP contribution in [0.15, 0.2) is 0 Å². The van der Waals surface area contributed by atoms with E-state index in [1.807, 2.05) is 21.1 Å². The zero-order chi connectivity index (χ0) is 27.3. The van der Waals surface area contributed by atoms with Gasteiger partial charge in [-0.3, -0.25) is 9.36 Å². The SMILES string of the molecule is CCCCCCCCCCCCCCC(COCC(Cl)COP(=O)([O-])OCC[N+](C)(C)C)OC(C)=O. The average Bonchev–Trinajstić information content (AvgIpc) is 2.77. The van der Waals surface area contributed by atoms with E-state index in [0.29, 0.717) is 11.0 Å². The number of rotatable bonds is 25. The number of phosphoric acid groups is 1. The highest BCUT2D eigenvalue weighted by atomic mass is 35.5. The maximum atomic E-state index is 11.8. The van der Waals surface area contributed by atoms with Gasteiger partial charge in [-0.15, -0.1) is 11.6 Å². The number of carbonyl (C=O) groups is 1. The molecule has 0 N–H and O–H groups in total. The van der Waals surface area contributed by atoms with Gasteiger partial charge in [0.15, 0.2) is 0 Å². The van der Waals surface area contributed by atoms with Crippen LogP contribution in [0.4, 0.5) is 0 Å². The number of halogens is 1. The second kappa shape index (κ2) is 21.7. The van der Waals surface area contributed by atoms with Crippen LogP contribution in [-0.4, -0.2) is 76.0 Å². The molecule has 0 saturated heterocycles. The van der Waals surface area contributed by atoms with E-state index in [1.54, 1.807) is 0 Å². The third-order valence-corrected chi connectivity index (χ3v) is 6.96. The van der Waals surface area contributed by atoms with Gasteiger partial charge in [-0.05, 0) is 12.8 Å². The fourth-order valence-corrected chi connectivity index (χ4v) is 4.62. The van der Waals surface area contributed by atoms with Gasteiger partial charge in [-0.2, -0.15) is 0 Å². The Hall–Kier alpha value is -0.210. The van der Waals surface area contributed by atoms with E-state index in [0.717, 1.165) is 19.3 Å². The van der Waals surface area contributed by atoms with Gasteiger partial charge in [0.2, 0.25) is 0 Å². The summed E-state index contributed by atoms with van der Waals surface area (Å²) in [4.78, 5) is 23.3. The fourth-order valence-electron chi connectivity index (χ4n) is 3.64. The summed E-state index contributed by atoms with van der Waals surface area (Å²) in [5.74, 6) is -0.341. The molecule has 0 fully saturated rings. The molecule has 0 rings (SSSR count). The lowest BCUT2D eigenvalue weighted by molar-refractivity contribution is -0.870. The van der Waals surface area contributed by atoms with E-state index in [1.165, 1.54) is 71.1 Å². The number of quaternary nitrogens is 1. The molecule has 0 spiro atoms. The number of ether oxygens (including phenoxy) is 2. The Labute approximate surface area is 225 Å². The number of esters is 1. The third-order valence-electron chi connectivity index (χ3n) is 5.74.